The highest BCUT2D eigenvalue weighted by atomic mass is 79.9. The standard InChI is InChI=1S/C16H24BrNO3/c1-10(2)7-14(16(19)20)18-9-12-8-13(17)5-6-15(12)21-11(3)4/h5-6,8,10-11,14,18H,7,9H2,1-4H3,(H,19,20). The molecule has 0 aromatic heterocycles. The summed E-state index contributed by atoms with van der Waals surface area (Å²) in [7, 11) is 0. The molecule has 21 heavy (non-hydrogen) atoms. The summed E-state index contributed by atoms with van der Waals surface area (Å²) in [6, 6.07) is 5.23. The lowest BCUT2D eigenvalue weighted by Crippen LogP contribution is -2.37. The van der Waals surface area contributed by atoms with E-state index in [1.165, 1.54) is 0 Å². The zero-order valence-electron chi connectivity index (χ0n) is 13.0. The third-order valence-electron chi connectivity index (χ3n) is 2.93. The van der Waals surface area contributed by atoms with Crippen LogP contribution in [0.3, 0.4) is 0 Å². The number of benzene rings is 1. The van der Waals surface area contributed by atoms with E-state index in [9.17, 15) is 9.90 Å². The number of nitrogens with one attached hydrogen (secondary N) is 1. The minimum Gasteiger partial charge on any atom is -0.491 e. The number of hydrogen-bond donors (Lipinski definition) is 2. The van der Waals surface area contributed by atoms with Crippen LogP contribution in [0.25, 0.3) is 0 Å². The Bertz CT molecular complexity index is 475. The lowest BCUT2D eigenvalue weighted by Gasteiger charge is -2.19. The van der Waals surface area contributed by atoms with Crippen molar-refractivity contribution in [2.45, 2.75) is 52.8 Å². The van der Waals surface area contributed by atoms with E-state index in [0.29, 0.717) is 18.9 Å². The summed E-state index contributed by atoms with van der Waals surface area (Å²) >= 11 is 3.44. The van der Waals surface area contributed by atoms with Gasteiger partial charge in [0.1, 0.15) is 11.8 Å². The molecule has 0 heterocycles. The van der Waals surface area contributed by atoms with Gasteiger partial charge in [-0.25, -0.2) is 0 Å². The fourth-order valence-corrected chi connectivity index (χ4v) is 2.44. The first kappa shape index (κ1) is 18.0. The van der Waals surface area contributed by atoms with E-state index >= 15 is 0 Å². The zero-order valence-corrected chi connectivity index (χ0v) is 14.6. The zero-order chi connectivity index (χ0) is 16.0. The Morgan fingerprint density at radius 1 is 1.33 bits per heavy atom. The van der Waals surface area contributed by atoms with Crippen molar-refractivity contribution in [2.24, 2.45) is 5.92 Å². The Hall–Kier alpha value is -1.07. The Balaban J connectivity index is 2.80. The van der Waals surface area contributed by atoms with Crippen molar-refractivity contribution < 1.29 is 14.6 Å². The molecule has 118 valence electrons. The maximum absolute atomic E-state index is 11.3. The summed E-state index contributed by atoms with van der Waals surface area (Å²) in [6.45, 7) is 8.44. The van der Waals surface area contributed by atoms with Crippen LogP contribution < -0.4 is 10.1 Å². The summed E-state index contributed by atoms with van der Waals surface area (Å²) in [5, 5.41) is 12.4. The van der Waals surface area contributed by atoms with Crippen LogP contribution in [-0.2, 0) is 11.3 Å². The van der Waals surface area contributed by atoms with Gasteiger partial charge in [-0.15, -0.1) is 0 Å². The average Bonchev–Trinajstić information content (AvgIpc) is 2.36. The SMILES string of the molecule is CC(C)CC(NCc1cc(Br)ccc1OC(C)C)C(=O)O. The molecular weight excluding hydrogens is 334 g/mol. The molecule has 4 nitrogen and oxygen atoms in total. The molecule has 1 aromatic rings. The highest BCUT2D eigenvalue weighted by Gasteiger charge is 2.19. The van der Waals surface area contributed by atoms with Crippen molar-refractivity contribution in [3.63, 3.8) is 0 Å². The summed E-state index contributed by atoms with van der Waals surface area (Å²) in [5.74, 6) is 0.298. The second kappa shape index (κ2) is 8.39. The van der Waals surface area contributed by atoms with E-state index in [0.717, 1.165) is 15.8 Å². The molecule has 0 amide bonds. The van der Waals surface area contributed by atoms with Gasteiger partial charge in [-0.05, 0) is 44.4 Å². The first-order valence-electron chi connectivity index (χ1n) is 7.20. The van der Waals surface area contributed by atoms with Crippen LogP contribution in [0, 0.1) is 5.92 Å². The Morgan fingerprint density at radius 3 is 2.52 bits per heavy atom. The van der Waals surface area contributed by atoms with Gasteiger partial charge >= 0.3 is 5.97 Å². The van der Waals surface area contributed by atoms with Crippen LogP contribution in [0.15, 0.2) is 22.7 Å². The van der Waals surface area contributed by atoms with Crippen molar-refractivity contribution in [3.05, 3.63) is 28.2 Å². The molecule has 2 N–H and O–H groups in total. The molecule has 0 aliphatic heterocycles. The van der Waals surface area contributed by atoms with Crippen LogP contribution in [-0.4, -0.2) is 23.2 Å². The number of carboxylic acids is 1. The number of ether oxygens (including phenoxy) is 1. The topological polar surface area (TPSA) is 58.6 Å². The van der Waals surface area contributed by atoms with Crippen LogP contribution in [0.2, 0.25) is 0 Å². The number of hydrogen-bond acceptors (Lipinski definition) is 3. The van der Waals surface area contributed by atoms with E-state index in [1.54, 1.807) is 0 Å². The van der Waals surface area contributed by atoms with Crippen LogP contribution in [0.5, 0.6) is 5.75 Å². The van der Waals surface area contributed by atoms with E-state index in [1.807, 2.05) is 45.9 Å². The van der Waals surface area contributed by atoms with Gasteiger partial charge in [-0.1, -0.05) is 29.8 Å². The smallest absolute Gasteiger partial charge is 0.320 e. The summed E-state index contributed by atoms with van der Waals surface area (Å²) in [6.07, 6.45) is 0.680. The fourth-order valence-electron chi connectivity index (χ4n) is 2.03. The quantitative estimate of drug-likeness (QED) is 0.742. The predicted octanol–water partition coefficient (Wildman–Crippen LogP) is 3.83. The lowest BCUT2D eigenvalue weighted by molar-refractivity contribution is -0.140. The number of carboxylic acid groups (broad SMARTS) is 1. The number of aliphatic carboxylic acids is 1. The number of halogens is 1. The van der Waals surface area contributed by atoms with Crippen LogP contribution in [0.1, 0.15) is 39.7 Å². The van der Waals surface area contributed by atoms with E-state index < -0.39 is 12.0 Å². The maximum atomic E-state index is 11.3. The van der Waals surface area contributed by atoms with Gasteiger partial charge in [-0.3, -0.25) is 4.79 Å². The van der Waals surface area contributed by atoms with Gasteiger partial charge in [0, 0.05) is 16.6 Å². The molecule has 1 aromatic carbocycles. The van der Waals surface area contributed by atoms with Gasteiger partial charge in [0.05, 0.1) is 6.10 Å². The van der Waals surface area contributed by atoms with Gasteiger partial charge in [0.2, 0.25) is 0 Å². The van der Waals surface area contributed by atoms with Gasteiger partial charge in [0.15, 0.2) is 0 Å². The highest BCUT2D eigenvalue weighted by molar-refractivity contribution is 9.10. The summed E-state index contributed by atoms with van der Waals surface area (Å²) in [4.78, 5) is 11.3. The van der Waals surface area contributed by atoms with Crippen molar-refractivity contribution >= 4 is 21.9 Å². The monoisotopic (exact) mass is 357 g/mol. The second-order valence-electron chi connectivity index (χ2n) is 5.82. The molecule has 0 saturated carbocycles. The molecule has 1 atom stereocenters. The molecule has 0 aliphatic rings. The minimum absolute atomic E-state index is 0.0795. The lowest BCUT2D eigenvalue weighted by atomic mass is 10.0. The van der Waals surface area contributed by atoms with Crippen molar-refractivity contribution in [1.29, 1.82) is 0 Å². The molecule has 0 fully saturated rings. The number of rotatable bonds is 8. The number of carbonyl (C=O) groups is 1. The van der Waals surface area contributed by atoms with Gasteiger partial charge in [0.25, 0.3) is 0 Å². The Labute approximate surface area is 135 Å². The molecule has 1 rings (SSSR count). The molecule has 0 aliphatic carbocycles. The first-order chi connectivity index (χ1) is 9.79. The van der Waals surface area contributed by atoms with Crippen LogP contribution in [0.4, 0.5) is 0 Å². The molecule has 0 bridgehead atoms. The maximum Gasteiger partial charge on any atom is 0.320 e. The first-order valence-corrected chi connectivity index (χ1v) is 8.00. The van der Waals surface area contributed by atoms with Crippen molar-refractivity contribution in [2.75, 3.05) is 0 Å². The average molecular weight is 358 g/mol. The van der Waals surface area contributed by atoms with Crippen molar-refractivity contribution in [1.82, 2.24) is 5.32 Å². The summed E-state index contributed by atoms with van der Waals surface area (Å²) < 4.78 is 6.72. The van der Waals surface area contributed by atoms with E-state index in [2.05, 4.69) is 21.2 Å². The summed E-state index contributed by atoms with van der Waals surface area (Å²) in [5.41, 5.74) is 0.952. The molecule has 1 unspecified atom stereocenters. The highest BCUT2D eigenvalue weighted by Crippen LogP contribution is 2.24. The van der Waals surface area contributed by atoms with E-state index in [-0.39, 0.29) is 6.10 Å². The normalized spacial score (nSPS) is 12.7. The van der Waals surface area contributed by atoms with Gasteiger partial charge < -0.3 is 15.2 Å². The largest absolute Gasteiger partial charge is 0.491 e. The van der Waals surface area contributed by atoms with Crippen molar-refractivity contribution in [3.8, 4) is 5.75 Å². The molecule has 0 radical (unpaired) electrons. The van der Waals surface area contributed by atoms with Gasteiger partial charge in [-0.2, -0.15) is 0 Å². The molecule has 5 heteroatoms. The molecule has 0 saturated heterocycles. The predicted molar refractivity (Wildman–Crippen MR) is 87.6 cm³/mol. The Morgan fingerprint density at radius 2 is 2.00 bits per heavy atom. The fraction of sp³-hybridized carbons (Fsp3) is 0.562. The van der Waals surface area contributed by atoms with E-state index in [4.69, 9.17) is 4.74 Å². The third kappa shape index (κ3) is 6.48. The molecular formula is C16H24BrNO3. The Kier molecular flexibility index (Phi) is 7.18. The van der Waals surface area contributed by atoms with Crippen LogP contribution >= 0.6 is 15.9 Å². The minimum atomic E-state index is -0.815. The molecule has 0 spiro atoms. The third-order valence-corrected chi connectivity index (χ3v) is 3.42. The second-order valence-corrected chi connectivity index (χ2v) is 6.74.